The van der Waals surface area contributed by atoms with Crippen LogP contribution in [0.1, 0.15) is 10.6 Å². The average Bonchev–Trinajstić information content (AvgIpc) is 3.43. The summed E-state index contributed by atoms with van der Waals surface area (Å²) in [6.45, 7) is 0. The molecular formula is C24H17F8N6O2+. The predicted molar refractivity (Wildman–Crippen MR) is 124 cm³/mol. The van der Waals surface area contributed by atoms with E-state index in [0.717, 1.165) is 0 Å². The van der Waals surface area contributed by atoms with Gasteiger partial charge in [-0.05, 0) is 0 Å². The number of amides is 1. The lowest BCUT2D eigenvalue weighted by Gasteiger charge is -2.20. The second-order valence-electron chi connectivity index (χ2n) is 8.50. The Bertz CT molecular complexity index is 1560. The van der Waals surface area contributed by atoms with Crippen molar-refractivity contribution < 1.29 is 49.6 Å². The minimum absolute atomic E-state index is 0.164. The molecule has 0 unspecified atom stereocenters. The summed E-state index contributed by atoms with van der Waals surface area (Å²) < 4.78 is 121. The summed E-state index contributed by atoms with van der Waals surface area (Å²) in [6, 6.07) is 0. The first kappa shape index (κ1) is 28.3. The number of aromatic nitrogens is 2. The third kappa shape index (κ3) is 4.34. The quantitative estimate of drug-likeness (QED) is 0.313. The minimum atomic E-state index is -2.49. The Morgan fingerprint density at radius 3 is 1.50 bits per heavy atom. The Labute approximate surface area is 220 Å². The SMILES string of the molecule is CN1C=CN(C)C1=C(O)N=C1C(F)=C(F)C(=C2C(F)=C(F)C(=NC(=O)c3n(C)cc[n+]3C)C(F)=C2F)C(F)=C1F. The highest BCUT2D eigenvalue weighted by atomic mass is 19.2. The van der Waals surface area contributed by atoms with Gasteiger partial charge in [-0.25, -0.2) is 49.2 Å². The molecule has 0 saturated carbocycles. The maximum Gasteiger partial charge on any atom is 0.360 e. The van der Waals surface area contributed by atoms with Crippen molar-refractivity contribution in [3.05, 3.63) is 100 Å². The van der Waals surface area contributed by atoms with E-state index in [-0.39, 0.29) is 11.6 Å². The van der Waals surface area contributed by atoms with Crippen LogP contribution in [0.5, 0.6) is 0 Å². The highest BCUT2D eigenvalue weighted by Gasteiger charge is 2.42. The monoisotopic (exact) mass is 573 g/mol. The number of rotatable bonds is 2. The molecule has 40 heavy (non-hydrogen) atoms. The number of imidazole rings is 1. The van der Waals surface area contributed by atoms with E-state index in [1.807, 2.05) is 0 Å². The van der Waals surface area contributed by atoms with Gasteiger partial charge >= 0.3 is 11.7 Å². The molecule has 1 N–H and O–H groups in total. The van der Waals surface area contributed by atoms with E-state index < -0.39 is 81.0 Å². The number of nitrogens with zero attached hydrogens (tertiary/aromatic N) is 6. The first-order chi connectivity index (χ1) is 18.7. The van der Waals surface area contributed by atoms with Crippen molar-refractivity contribution in [2.24, 2.45) is 24.1 Å². The van der Waals surface area contributed by atoms with Crippen LogP contribution in [-0.4, -0.2) is 50.9 Å². The smallest absolute Gasteiger partial charge is 0.360 e. The van der Waals surface area contributed by atoms with Gasteiger partial charge in [-0.3, -0.25) is 4.79 Å². The number of aliphatic hydroxyl groups excluding tert-OH is 1. The van der Waals surface area contributed by atoms with Gasteiger partial charge in [0.15, 0.2) is 52.4 Å². The standard InChI is InChI=1S/C24H16F8N6O2/c1-35-5-6-36(2)23(35)21(39)33-19-15(29)11(25)9(12(26)16(19)30)10-13(27)17(31)20(18(32)14(10)28)34-22(40)24-37(3)7-8-38(24)4/h5-8H,1-4H3/p+1. The lowest BCUT2D eigenvalue weighted by atomic mass is 9.93. The number of halogens is 8. The van der Waals surface area contributed by atoms with E-state index in [1.54, 1.807) is 0 Å². The van der Waals surface area contributed by atoms with Gasteiger partial charge in [-0.1, -0.05) is 0 Å². The number of allylic oxidation sites excluding steroid dienone is 10. The van der Waals surface area contributed by atoms with Crippen LogP contribution in [-0.2, 0) is 14.1 Å². The van der Waals surface area contributed by atoms with E-state index in [4.69, 9.17) is 0 Å². The fourth-order valence-electron chi connectivity index (χ4n) is 3.98. The Morgan fingerprint density at radius 2 is 1.12 bits per heavy atom. The van der Waals surface area contributed by atoms with Gasteiger partial charge in [-0.2, -0.15) is 4.99 Å². The van der Waals surface area contributed by atoms with Gasteiger partial charge in [0.25, 0.3) is 5.88 Å². The molecule has 0 spiro atoms. The van der Waals surface area contributed by atoms with Crippen LogP contribution in [0.25, 0.3) is 0 Å². The maximum atomic E-state index is 14.9. The molecule has 4 rings (SSSR count). The fourth-order valence-corrected chi connectivity index (χ4v) is 3.98. The molecule has 0 bridgehead atoms. The molecule has 2 heterocycles. The van der Waals surface area contributed by atoms with Crippen molar-refractivity contribution in [1.82, 2.24) is 14.4 Å². The van der Waals surface area contributed by atoms with Gasteiger partial charge in [-0.15, -0.1) is 0 Å². The molecule has 0 fully saturated rings. The average molecular weight is 573 g/mol. The van der Waals surface area contributed by atoms with E-state index in [0.29, 0.717) is 0 Å². The first-order valence-corrected chi connectivity index (χ1v) is 11.0. The van der Waals surface area contributed by atoms with E-state index in [9.17, 15) is 45.0 Å². The molecule has 0 radical (unpaired) electrons. The van der Waals surface area contributed by atoms with Crippen molar-refractivity contribution in [2.45, 2.75) is 0 Å². The Morgan fingerprint density at radius 1 is 0.725 bits per heavy atom. The van der Waals surface area contributed by atoms with Gasteiger partial charge in [0.2, 0.25) is 0 Å². The number of carbonyl (C=O) groups is 1. The van der Waals surface area contributed by atoms with Crippen molar-refractivity contribution >= 4 is 17.3 Å². The summed E-state index contributed by atoms with van der Waals surface area (Å²) >= 11 is 0. The molecule has 8 nitrogen and oxygen atoms in total. The van der Waals surface area contributed by atoms with Crippen molar-refractivity contribution in [1.29, 1.82) is 0 Å². The number of hydrogen-bond acceptors (Lipinski definition) is 5. The zero-order valence-corrected chi connectivity index (χ0v) is 20.9. The van der Waals surface area contributed by atoms with E-state index in [1.165, 1.54) is 71.9 Å². The van der Waals surface area contributed by atoms with Crippen molar-refractivity contribution in [2.75, 3.05) is 14.1 Å². The van der Waals surface area contributed by atoms with Crippen LogP contribution in [0.15, 0.2) is 104 Å². The highest BCUT2D eigenvalue weighted by Crippen LogP contribution is 2.46. The molecule has 2 aliphatic carbocycles. The molecule has 0 aromatic carbocycles. The number of aliphatic hydroxyl groups is 1. The van der Waals surface area contributed by atoms with Crippen molar-refractivity contribution in [3.63, 3.8) is 0 Å². The normalized spacial score (nSPS) is 18.4. The lowest BCUT2D eigenvalue weighted by molar-refractivity contribution is -0.672. The summed E-state index contributed by atoms with van der Waals surface area (Å²) in [6.07, 6.45) is 5.52. The van der Waals surface area contributed by atoms with Crippen LogP contribution < -0.4 is 4.57 Å². The molecule has 1 aromatic rings. The second kappa shape index (κ2) is 10.1. The molecule has 210 valence electrons. The number of hydrogen-bond donors (Lipinski definition) is 1. The van der Waals surface area contributed by atoms with Gasteiger partial charge < -0.3 is 14.9 Å². The predicted octanol–water partition coefficient (Wildman–Crippen LogP) is 4.83. The molecule has 16 heteroatoms. The third-order valence-corrected chi connectivity index (χ3v) is 5.92. The minimum Gasteiger partial charge on any atom is -0.491 e. The zero-order valence-electron chi connectivity index (χ0n) is 20.9. The first-order valence-electron chi connectivity index (χ1n) is 11.0. The summed E-state index contributed by atoms with van der Waals surface area (Å²) in [4.78, 5) is 21.1. The van der Waals surface area contributed by atoms with E-state index in [2.05, 4.69) is 9.98 Å². The molecule has 1 aromatic heterocycles. The summed E-state index contributed by atoms with van der Waals surface area (Å²) in [5.74, 6) is -22.2. The topological polar surface area (TPSA) is 77.3 Å². The van der Waals surface area contributed by atoms with Crippen LogP contribution in [0.2, 0.25) is 0 Å². The fraction of sp³-hybridized carbons (Fsp3) is 0.167. The Hall–Kier alpha value is -4.76. The van der Waals surface area contributed by atoms with Gasteiger partial charge in [0.1, 0.15) is 23.8 Å². The van der Waals surface area contributed by atoms with Crippen LogP contribution in [0, 0.1) is 0 Å². The summed E-state index contributed by atoms with van der Waals surface area (Å²) in [7, 11) is 5.52. The van der Waals surface area contributed by atoms with Gasteiger partial charge in [0.05, 0.1) is 25.2 Å². The highest BCUT2D eigenvalue weighted by molar-refractivity contribution is 6.18. The molecular weight excluding hydrogens is 556 g/mol. The van der Waals surface area contributed by atoms with Crippen LogP contribution >= 0.6 is 0 Å². The molecule has 0 atom stereocenters. The molecule has 0 saturated heterocycles. The molecule has 1 amide bonds. The van der Waals surface area contributed by atoms with Crippen molar-refractivity contribution in [3.8, 4) is 0 Å². The number of aryl methyl sites for hydroxylation is 2. The molecule has 3 aliphatic rings. The van der Waals surface area contributed by atoms with Crippen LogP contribution in [0.3, 0.4) is 0 Å². The largest absolute Gasteiger partial charge is 0.491 e. The van der Waals surface area contributed by atoms with E-state index >= 15 is 0 Å². The third-order valence-electron chi connectivity index (χ3n) is 5.92. The number of aliphatic imine (C=N–C) groups is 2. The summed E-state index contributed by atoms with van der Waals surface area (Å²) in [5, 5.41) is 10.2. The van der Waals surface area contributed by atoms with Crippen LogP contribution in [0.4, 0.5) is 35.1 Å². The second-order valence-corrected chi connectivity index (χ2v) is 8.50. The maximum absolute atomic E-state index is 14.9. The summed E-state index contributed by atoms with van der Waals surface area (Å²) in [5.41, 5.74) is -7.80. The molecule has 1 aliphatic heterocycles. The number of carbonyl (C=O) groups excluding carboxylic acids is 1. The van der Waals surface area contributed by atoms with Gasteiger partial charge in [0, 0.05) is 26.5 Å². The Kier molecular flexibility index (Phi) is 7.13. The lowest BCUT2D eigenvalue weighted by Crippen LogP contribution is -2.34. The Balaban J connectivity index is 1.87. The zero-order chi connectivity index (χ0) is 29.8.